The van der Waals surface area contributed by atoms with Crippen molar-refractivity contribution in [1.82, 2.24) is 4.90 Å². The van der Waals surface area contributed by atoms with Crippen LogP contribution in [0, 0.1) is 0 Å². The molecule has 6 heteroatoms. The van der Waals surface area contributed by atoms with Crippen LogP contribution >= 0.6 is 11.6 Å². The third-order valence-corrected chi connectivity index (χ3v) is 3.47. The minimum absolute atomic E-state index is 0.0811. The van der Waals surface area contributed by atoms with E-state index in [-0.39, 0.29) is 11.3 Å². The number of phenols is 1. The molecule has 0 saturated carbocycles. The van der Waals surface area contributed by atoms with Crippen molar-refractivity contribution in [3.8, 4) is 5.75 Å². The van der Waals surface area contributed by atoms with Gasteiger partial charge in [-0.3, -0.25) is 4.79 Å². The van der Waals surface area contributed by atoms with E-state index in [1.54, 1.807) is 0 Å². The molecule has 1 fully saturated rings. The zero-order valence-corrected chi connectivity index (χ0v) is 10.9. The normalized spacial score (nSPS) is 19.2. The number of nitrogens with zero attached hydrogens (tertiary/aromatic N) is 1. The molecule has 2 rings (SSSR count). The van der Waals surface area contributed by atoms with Gasteiger partial charge in [-0.2, -0.15) is 0 Å². The maximum absolute atomic E-state index is 12.3. The number of hydrogen-bond acceptors (Lipinski definition) is 3. The van der Waals surface area contributed by atoms with Crippen LogP contribution in [0.2, 0.25) is 5.02 Å². The Hall–Kier alpha value is -1.75. The van der Waals surface area contributed by atoms with Crippen molar-refractivity contribution in [3.63, 3.8) is 0 Å². The van der Waals surface area contributed by atoms with E-state index in [0.717, 1.165) is 12.8 Å². The third-order valence-electron chi connectivity index (χ3n) is 3.24. The van der Waals surface area contributed by atoms with Crippen molar-refractivity contribution in [3.05, 3.63) is 28.8 Å². The van der Waals surface area contributed by atoms with E-state index in [4.69, 9.17) is 16.7 Å². The Bertz CT molecular complexity index is 517. The van der Waals surface area contributed by atoms with Crippen LogP contribution in [0.4, 0.5) is 0 Å². The molecule has 0 radical (unpaired) electrons. The fourth-order valence-corrected chi connectivity index (χ4v) is 2.44. The first-order valence-corrected chi connectivity index (χ1v) is 6.41. The van der Waals surface area contributed by atoms with E-state index < -0.39 is 17.9 Å². The molecule has 1 aromatic rings. The number of carbonyl (C=O) groups is 2. The van der Waals surface area contributed by atoms with Crippen LogP contribution in [0.1, 0.15) is 29.6 Å². The SMILES string of the molecule is O=C(O)[C@H]1CCCCN1C(=O)c1ccc(Cl)cc1O. The van der Waals surface area contributed by atoms with Crippen molar-refractivity contribution in [2.45, 2.75) is 25.3 Å². The number of halogens is 1. The van der Waals surface area contributed by atoms with Crippen molar-refractivity contribution in [2.24, 2.45) is 0 Å². The summed E-state index contributed by atoms with van der Waals surface area (Å²) in [5, 5.41) is 19.2. The second kappa shape index (κ2) is 5.48. The number of likely N-dealkylation sites (tertiary alicyclic amines) is 1. The lowest BCUT2D eigenvalue weighted by molar-refractivity contribution is -0.143. The highest BCUT2D eigenvalue weighted by atomic mass is 35.5. The van der Waals surface area contributed by atoms with E-state index in [9.17, 15) is 14.7 Å². The van der Waals surface area contributed by atoms with Crippen LogP contribution in [-0.2, 0) is 4.79 Å². The zero-order chi connectivity index (χ0) is 14.0. The molecule has 1 atom stereocenters. The Kier molecular flexibility index (Phi) is 3.95. The summed E-state index contributed by atoms with van der Waals surface area (Å²) in [5.74, 6) is -1.71. The first-order valence-electron chi connectivity index (χ1n) is 6.03. The Morgan fingerprint density at radius 1 is 1.32 bits per heavy atom. The van der Waals surface area contributed by atoms with Crippen LogP contribution in [-0.4, -0.2) is 39.6 Å². The van der Waals surface area contributed by atoms with Crippen LogP contribution < -0.4 is 0 Å². The highest BCUT2D eigenvalue weighted by Gasteiger charge is 2.33. The van der Waals surface area contributed by atoms with Gasteiger partial charge >= 0.3 is 5.97 Å². The summed E-state index contributed by atoms with van der Waals surface area (Å²) < 4.78 is 0. The van der Waals surface area contributed by atoms with Gasteiger partial charge in [0.25, 0.3) is 5.91 Å². The Morgan fingerprint density at radius 3 is 2.68 bits per heavy atom. The van der Waals surface area contributed by atoms with E-state index in [1.807, 2.05) is 0 Å². The molecular weight excluding hydrogens is 270 g/mol. The maximum Gasteiger partial charge on any atom is 0.326 e. The summed E-state index contributed by atoms with van der Waals surface area (Å²) in [7, 11) is 0. The molecule has 0 bridgehead atoms. The lowest BCUT2D eigenvalue weighted by atomic mass is 10.0. The van der Waals surface area contributed by atoms with Crippen LogP contribution in [0.3, 0.4) is 0 Å². The zero-order valence-electron chi connectivity index (χ0n) is 10.2. The number of carboxylic acids is 1. The topological polar surface area (TPSA) is 77.8 Å². The Balaban J connectivity index is 2.28. The van der Waals surface area contributed by atoms with Gasteiger partial charge < -0.3 is 15.1 Å². The number of piperidine rings is 1. The van der Waals surface area contributed by atoms with Gasteiger partial charge in [0.05, 0.1) is 5.56 Å². The predicted molar refractivity (Wildman–Crippen MR) is 69.4 cm³/mol. The average Bonchev–Trinajstić information content (AvgIpc) is 2.38. The minimum atomic E-state index is -1.01. The number of phenolic OH excluding ortho intramolecular Hbond substituents is 1. The second-order valence-electron chi connectivity index (χ2n) is 4.51. The Morgan fingerprint density at radius 2 is 2.05 bits per heavy atom. The van der Waals surface area contributed by atoms with Gasteiger partial charge in [0.1, 0.15) is 11.8 Å². The molecule has 1 heterocycles. The summed E-state index contributed by atoms with van der Waals surface area (Å²) >= 11 is 5.71. The summed E-state index contributed by atoms with van der Waals surface area (Å²) in [6.07, 6.45) is 1.99. The number of rotatable bonds is 2. The van der Waals surface area contributed by atoms with Crippen LogP contribution in [0.15, 0.2) is 18.2 Å². The molecule has 19 heavy (non-hydrogen) atoms. The highest BCUT2D eigenvalue weighted by molar-refractivity contribution is 6.30. The average molecular weight is 284 g/mol. The third kappa shape index (κ3) is 2.81. The molecule has 1 aromatic carbocycles. The quantitative estimate of drug-likeness (QED) is 0.871. The number of carboxylic acid groups (broad SMARTS) is 1. The molecule has 0 unspecified atom stereocenters. The van der Waals surface area contributed by atoms with Crippen molar-refractivity contribution >= 4 is 23.5 Å². The van der Waals surface area contributed by atoms with Crippen LogP contribution in [0.25, 0.3) is 0 Å². The van der Waals surface area contributed by atoms with Gasteiger partial charge in [0.2, 0.25) is 0 Å². The predicted octanol–water partition coefficient (Wildman–Crippen LogP) is 2.12. The number of carbonyl (C=O) groups excluding carboxylic acids is 1. The van der Waals surface area contributed by atoms with Gasteiger partial charge in [-0.15, -0.1) is 0 Å². The monoisotopic (exact) mass is 283 g/mol. The Labute approximate surface area is 115 Å². The fourth-order valence-electron chi connectivity index (χ4n) is 2.27. The van der Waals surface area contributed by atoms with Crippen LogP contribution in [0.5, 0.6) is 5.75 Å². The standard InChI is InChI=1S/C13H14ClNO4/c14-8-4-5-9(11(16)7-8)12(17)15-6-2-1-3-10(15)13(18)19/h4-5,7,10,16H,1-3,6H2,(H,18,19)/t10-/m1/s1. The molecule has 2 N–H and O–H groups in total. The number of aromatic hydroxyl groups is 1. The van der Waals surface area contributed by atoms with Gasteiger partial charge in [-0.25, -0.2) is 4.79 Å². The highest BCUT2D eigenvalue weighted by Crippen LogP contribution is 2.26. The molecule has 0 spiro atoms. The molecular formula is C13H14ClNO4. The first kappa shape index (κ1) is 13.7. The summed E-state index contributed by atoms with van der Waals surface area (Å²) in [6, 6.07) is 3.35. The molecule has 0 aliphatic carbocycles. The molecule has 102 valence electrons. The van der Waals surface area contributed by atoms with Crippen molar-refractivity contribution < 1.29 is 19.8 Å². The fraction of sp³-hybridized carbons (Fsp3) is 0.385. The molecule has 1 amide bonds. The van der Waals surface area contributed by atoms with E-state index >= 15 is 0 Å². The van der Waals surface area contributed by atoms with E-state index in [2.05, 4.69) is 0 Å². The van der Waals surface area contributed by atoms with Crippen molar-refractivity contribution in [1.29, 1.82) is 0 Å². The van der Waals surface area contributed by atoms with Gasteiger partial charge in [0.15, 0.2) is 0 Å². The molecule has 1 aliphatic rings. The lowest BCUT2D eigenvalue weighted by Gasteiger charge is -2.33. The number of hydrogen-bond donors (Lipinski definition) is 2. The summed E-state index contributed by atoms with van der Waals surface area (Å²) in [4.78, 5) is 24.8. The first-order chi connectivity index (χ1) is 9.00. The largest absolute Gasteiger partial charge is 0.507 e. The lowest BCUT2D eigenvalue weighted by Crippen LogP contribution is -2.48. The van der Waals surface area contributed by atoms with Gasteiger partial charge in [-0.1, -0.05) is 11.6 Å². The molecule has 0 aromatic heterocycles. The molecule has 1 saturated heterocycles. The van der Waals surface area contributed by atoms with Gasteiger partial charge in [0, 0.05) is 11.6 Å². The second-order valence-corrected chi connectivity index (χ2v) is 4.95. The number of aliphatic carboxylic acids is 1. The number of benzene rings is 1. The maximum atomic E-state index is 12.3. The summed E-state index contributed by atoms with van der Waals surface area (Å²) in [5.41, 5.74) is 0.0811. The molecule has 5 nitrogen and oxygen atoms in total. The minimum Gasteiger partial charge on any atom is -0.507 e. The van der Waals surface area contributed by atoms with E-state index in [1.165, 1.54) is 23.1 Å². The van der Waals surface area contributed by atoms with Crippen molar-refractivity contribution in [2.75, 3.05) is 6.54 Å². The number of amides is 1. The summed E-state index contributed by atoms with van der Waals surface area (Å²) in [6.45, 7) is 0.387. The smallest absolute Gasteiger partial charge is 0.326 e. The molecule has 1 aliphatic heterocycles. The van der Waals surface area contributed by atoms with E-state index in [0.29, 0.717) is 18.0 Å². The van der Waals surface area contributed by atoms with Gasteiger partial charge in [-0.05, 0) is 37.5 Å².